The van der Waals surface area contributed by atoms with Crippen molar-refractivity contribution in [3.8, 4) is 11.5 Å². The molecule has 0 fully saturated rings. The molecule has 0 saturated carbocycles. The number of aromatic nitrogens is 2. The number of hydrogen-bond acceptors (Lipinski definition) is 6. The van der Waals surface area contributed by atoms with E-state index in [1.165, 1.54) is 0 Å². The summed E-state index contributed by atoms with van der Waals surface area (Å²) in [5.41, 5.74) is 4.67. The number of carbonyl (C=O) groups is 2. The zero-order valence-corrected chi connectivity index (χ0v) is 19.2. The number of anilines is 1. The average Bonchev–Trinajstić information content (AvgIpc) is 3.16. The highest BCUT2D eigenvalue weighted by atomic mass is 79.9. The fraction of sp³-hybridized carbons (Fsp3) is 0.238. The molecular weight excluding hydrogens is 468 g/mol. The summed E-state index contributed by atoms with van der Waals surface area (Å²) in [4.78, 5) is 24.3. The molecule has 3 rings (SSSR count). The van der Waals surface area contributed by atoms with E-state index < -0.39 is 0 Å². The summed E-state index contributed by atoms with van der Waals surface area (Å²) in [6.45, 7) is 5.78. The summed E-state index contributed by atoms with van der Waals surface area (Å²) in [6, 6.07) is 11.5. The Morgan fingerprint density at radius 3 is 2.50 bits per heavy atom. The van der Waals surface area contributed by atoms with Crippen LogP contribution in [-0.2, 0) is 9.59 Å². The third-order valence-electron chi connectivity index (χ3n) is 4.19. The fourth-order valence-corrected chi connectivity index (χ4v) is 3.92. The maximum Gasteiger partial charge on any atom is 0.277 e. The Labute approximate surface area is 187 Å². The summed E-state index contributed by atoms with van der Waals surface area (Å²) in [6.07, 6.45) is 0. The summed E-state index contributed by atoms with van der Waals surface area (Å²) < 4.78 is 6.48. The van der Waals surface area contributed by atoms with Gasteiger partial charge in [-0.1, -0.05) is 51.5 Å². The van der Waals surface area contributed by atoms with Crippen LogP contribution in [0.1, 0.15) is 16.7 Å². The molecule has 0 unspecified atom stereocenters. The number of nitrogens with one attached hydrogen (secondary N) is 2. The number of carbonyl (C=O) groups excluding carboxylic acids is 2. The van der Waals surface area contributed by atoms with E-state index in [-0.39, 0.29) is 29.3 Å². The van der Waals surface area contributed by atoms with E-state index in [1.54, 1.807) is 0 Å². The zero-order valence-electron chi connectivity index (χ0n) is 16.8. The number of amides is 2. The van der Waals surface area contributed by atoms with Gasteiger partial charge in [-0.3, -0.25) is 9.59 Å². The molecule has 2 amide bonds. The first-order valence-electron chi connectivity index (χ1n) is 9.18. The second-order valence-electron chi connectivity index (χ2n) is 6.77. The van der Waals surface area contributed by atoms with Gasteiger partial charge in [0.15, 0.2) is 0 Å². The first kappa shape index (κ1) is 22.0. The number of benzene rings is 2. The van der Waals surface area contributed by atoms with Gasteiger partial charge in [0.2, 0.25) is 17.7 Å². The van der Waals surface area contributed by atoms with Crippen LogP contribution < -0.4 is 10.6 Å². The SMILES string of the molecule is Cc1cc(C)c(NC(=O)CNC(=O)CSc2nnc(-c3cccc(Br)c3)o2)c(C)c1. The Morgan fingerprint density at radius 1 is 1.07 bits per heavy atom. The second-order valence-corrected chi connectivity index (χ2v) is 8.61. The lowest BCUT2D eigenvalue weighted by Crippen LogP contribution is -2.34. The van der Waals surface area contributed by atoms with Gasteiger partial charge < -0.3 is 15.1 Å². The Hall–Kier alpha value is -2.65. The molecule has 0 aliphatic heterocycles. The maximum absolute atomic E-state index is 12.2. The molecule has 156 valence electrons. The van der Waals surface area contributed by atoms with Crippen LogP contribution in [0.25, 0.3) is 11.5 Å². The van der Waals surface area contributed by atoms with Crippen molar-refractivity contribution in [3.05, 3.63) is 57.6 Å². The molecule has 0 spiro atoms. The molecule has 0 radical (unpaired) electrons. The van der Waals surface area contributed by atoms with Crippen molar-refractivity contribution in [1.29, 1.82) is 0 Å². The van der Waals surface area contributed by atoms with Gasteiger partial charge in [0.1, 0.15) is 0 Å². The summed E-state index contributed by atoms with van der Waals surface area (Å²) in [7, 11) is 0. The molecule has 7 nitrogen and oxygen atoms in total. The number of halogens is 1. The molecule has 9 heteroatoms. The van der Waals surface area contributed by atoms with Gasteiger partial charge in [-0.05, 0) is 50.1 Å². The van der Waals surface area contributed by atoms with Gasteiger partial charge in [-0.15, -0.1) is 10.2 Å². The summed E-state index contributed by atoms with van der Waals surface area (Å²) in [5.74, 6) is -0.133. The van der Waals surface area contributed by atoms with Crippen LogP contribution in [0.4, 0.5) is 5.69 Å². The first-order chi connectivity index (χ1) is 14.3. The molecule has 2 aromatic carbocycles. The van der Waals surface area contributed by atoms with Crippen LogP contribution in [0.15, 0.2) is 50.5 Å². The van der Waals surface area contributed by atoms with Crippen molar-refractivity contribution in [2.75, 3.05) is 17.6 Å². The molecular formula is C21H21BrN4O3S. The molecule has 0 bridgehead atoms. The van der Waals surface area contributed by atoms with Crippen molar-refractivity contribution in [2.24, 2.45) is 0 Å². The van der Waals surface area contributed by atoms with Crippen LogP contribution in [0.3, 0.4) is 0 Å². The number of hydrogen-bond donors (Lipinski definition) is 2. The number of aryl methyl sites for hydroxylation is 3. The van der Waals surface area contributed by atoms with Crippen LogP contribution in [-0.4, -0.2) is 34.3 Å². The van der Waals surface area contributed by atoms with E-state index in [0.29, 0.717) is 5.89 Å². The zero-order chi connectivity index (χ0) is 21.7. The molecule has 1 aromatic heterocycles. The molecule has 0 atom stereocenters. The molecule has 1 heterocycles. The van der Waals surface area contributed by atoms with Crippen molar-refractivity contribution in [1.82, 2.24) is 15.5 Å². The highest BCUT2D eigenvalue weighted by molar-refractivity contribution is 9.10. The third-order valence-corrected chi connectivity index (χ3v) is 5.50. The van der Waals surface area contributed by atoms with Crippen LogP contribution in [0.2, 0.25) is 0 Å². The number of rotatable bonds is 7. The number of nitrogens with zero attached hydrogens (tertiary/aromatic N) is 2. The normalized spacial score (nSPS) is 10.7. The van der Waals surface area contributed by atoms with Crippen molar-refractivity contribution < 1.29 is 14.0 Å². The van der Waals surface area contributed by atoms with E-state index in [2.05, 4.69) is 36.8 Å². The predicted molar refractivity (Wildman–Crippen MR) is 120 cm³/mol. The third kappa shape index (κ3) is 5.93. The van der Waals surface area contributed by atoms with Gasteiger partial charge in [0, 0.05) is 15.7 Å². The Balaban J connectivity index is 1.47. The van der Waals surface area contributed by atoms with Crippen LogP contribution in [0.5, 0.6) is 0 Å². The van der Waals surface area contributed by atoms with Crippen molar-refractivity contribution in [2.45, 2.75) is 26.0 Å². The summed E-state index contributed by atoms with van der Waals surface area (Å²) >= 11 is 4.51. The lowest BCUT2D eigenvalue weighted by atomic mass is 10.1. The Bertz CT molecular complexity index is 1060. The van der Waals surface area contributed by atoms with Gasteiger partial charge >= 0.3 is 0 Å². The van der Waals surface area contributed by atoms with E-state index >= 15 is 0 Å². The van der Waals surface area contributed by atoms with Gasteiger partial charge in [0.25, 0.3) is 5.22 Å². The molecule has 0 aliphatic rings. The van der Waals surface area contributed by atoms with E-state index in [0.717, 1.165) is 44.2 Å². The minimum absolute atomic E-state index is 0.0655. The first-order valence-corrected chi connectivity index (χ1v) is 11.0. The quantitative estimate of drug-likeness (QED) is 0.481. The van der Waals surface area contributed by atoms with Crippen molar-refractivity contribution >= 4 is 45.2 Å². The topological polar surface area (TPSA) is 97.1 Å². The Morgan fingerprint density at radius 2 is 1.80 bits per heavy atom. The maximum atomic E-state index is 12.2. The molecule has 3 aromatic rings. The standard InChI is InChI=1S/C21H21BrN4O3S/c1-12-7-13(2)19(14(3)8-12)24-17(27)10-23-18(28)11-30-21-26-25-20(29-21)15-5-4-6-16(22)9-15/h4-9H,10-11H2,1-3H3,(H,23,28)(H,24,27). The second kappa shape index (κ2) is 9.90. The molecule has 0 aliphatic carbocycles. The van der Waals surface area contributed by atoms with E-state index in [9.17, 15) is 9.59 Å². The lowest BCUT2D eigenvalue weighted by Gasteiger charge is -2.13. The smallest absolute Gasteiger partial charge is 0.277 e. The van der Waals surface area contributed by atoms with E-state index in [1.807, 2.05) is 57.2 Å². The largest absolute Gasteiger partial charge is 0.411 e. The van der Waals surface area contributed by atoms with E-state index in [4.69, 9.17) is 4.42 Å². The van der Waals surface area contributed by atoms with Gasteiger partial charge in [0.05, 0.1) is 12.3 Å². The van der Waals surface area contributed by atoms with Gasteiger partial charge in [-0.25, -0.2) is 0 Å². The minimum atomic E-state index is -0.297. The number of thioether (sulfide) groups is 1. The Kier molecular flexibility index (Phi) is 7.28. The monoisotopic (exact) mass is 488 g/mol. The van der Waals surface area contributed by atoms with Gasteiger partial charge in [-0.2, -0.15) is 0 Å². The molecule has 0 saturated heterocycles. The van der Waals surface area contributed by atoms with Crippen LogP contribution >= 0.6 is 27.7 Å². The van der Waals surface area contributed by atoms with Crippen molar-refractivity contribution in [3.63, 3.8) is 0 Å². The molecule has 2 N–H and O–H groups in total. The summed E-state index contributed by atoms with van der Waals surface area (Å²) in [5, 5.41) is 13.7. The lowest BCUT2D eigenvalue weighted by molar-refractivity contribution is -0.122. The highest BCUT2D eigenvalue weighted by Gasteiger charge is 2.13. The predicted octanol–water partition coefficient (Wildman–Crippen LogP) is 4.27. The highest BCUT2D eigenvalue weighted by Crippen LogP contribution is 2.25. The average molecular weight is 489 g/mol. The fourth-order valence-electron chi connectivity index (χ4n) is 2.92. The van der Waals surface area contributed by atoms with Crippen LogP contribution in [0, 0.1) is 20.8 Å². The minimum Gasteiger partial charge on any atom is -0.411 e. The molecule has 30 heavy (non-hydrogen) atoms.